The van der Waals surface area contributed by atoms with Crippen LogP contribution in [0.2, 0.25) is 0 Å². The molecule has 1 atom stereocenters. The minimum atomic E-state index is -0.255. The van der Waals surface area contributed by atoms with Gasteiger partial charge < -0.3 is 15.1 Å². The monoisotopic (exact) mass is 409 g/mol. The first kappa shape index (κ1) is 18.5. The molecule has 0 aliphatic rings. The molecule has 7 heteroatoms. The SMILES string of the molecule is Cc1sc(NC(=O)c2ccco2)c([C@H](Nc2ccccn2)c2ccsc2)c1C. The van der Waals surface area contributed by atoms with Gasteiger partial charge in [-0.3, -0.25) is 4.79 Å². The average molecular weight is 410 g/mol. The summed E-state index contributed by atoms with van der Waals surface area (Å²) in [5, 5.41) is 11.5. The first-order valence-electron chi connectivity index (χ1n) is 8.78. The lowest BCUT2D eigenvalue weighted by atomic mass is 9.98. The second-order valence-electron chi connectivity index (χ2n) is 6.31. The second kappa shape index (κ2) is 8.00. The molecule has 0 bridgehead atoms. The van der Waals surface area contributed by atoms with E-state index >= 15 is 0 Å². The first-order valence-corrected chi connectivity index (χ1v) is 10.5. The maximum atomic E-state index is 12.6. The number of nitrogens with zero attached hydrogens (tertiary/aromatic N) is 1. The van der Waals surface area contributed by atoms with Crippen LogP contribution in [0.3, 0.4) is 0 Å². The van der Waals surface area contributed by atoms with Crippen molar-refractivity contribution in [3.8, 4) is 0 Å². The van der Waals surface area contributed by atoms with Gasteiger partial charge in [-0.1, -0.05) is 6.07 Å². The largest absolute Gasteiger partial charge is 0.459 e. The predicted molar refractivity (Wildman–Crippen MR) is 114 cm³/mol. The third-order valence-corrected chi connectivity index (χ3v) is 6.37. The van der Waals surface area contributed by atoms with E-state index in [2.05, 4.69) is 46.3 Å². The molecule has 0 aliphatic carbocycles. The molecule has 4 aromatic rings. The van der Waals surface area contributed by atoms with Gasteiger partial charge in [0.1, 0.15) is 10.8 Å². The number of carbonyl (C=O) groups excluding carboxylic acids is 1. The summed E-state index contributed by atoms with van der Waals surface area (Å²) in [6, 6.07) is 11.1. The Morgan fingerprint density at radius 2 is 2.07 bits per heavy atom. The van der Waals surface area contributed by atoms with E-state index in [9.17, 15) is 4.79 Å². The second-order valence-corrected chi connectivity index (χ2v) is 8.31. The van der Waals surface area contributed by atoms with E-state index in [0.29, 0.717) is 5.76 Å². The lowest BCUT2D eigenvalue weighted by Gasteiger charge is -2.21. The molecule has 4 aromatic heterocycles. The van der Waals surface area contributed by atoms with Gasteiger partial charge in [0.15, 0.2) is 5.76 Å². The van der Waals surface area contributed by atoms with Gasteiger partial charge in [-0.15, -0.1) is 11.3 Å². The molecule has 0 aliphatic heterocycles. The molecule has 28 heavy (non-hydrogen) atoms. The number of furan rings is 1. The van der Waals surface area contributed by atoms with Crippen LogP contribution in [0.25, 0.3) is 0 Å². The van der Waals surface area contributed by atoms with Gasteiger partial charge in [0.05, 0.1) is 12.3 Å². The molecular formula is C21H19N3O2S2. The van der Waals surface area contributed by atoms with Crippen LogP contribution in [0.4, 0.5) is 10.8 Å². The molecule has 0 aromatic carbocycles. The van der Waals surface area contributed by atoms with Crippen LogP contribution in [0.1, 0.15) is 38.2 Å². The smallest absolute Gasteiger partial charge is 0.291 e. The molecule has 4 heterocycles. The van der Waals surface area contributed by atoms with E-state index in [1.54, 1.807) is 41.0 Å². The lowest BCUT2D eigenvalue weighted by molar-refractivity contribution is 0.0997. The highest BCUT2D eigenvalue weighted by Gasteiger charge is 2.25. The summed E-state index contributed by atoms with van der Waals surface area (Å²) in [5.74, 6) is 0.819. The zero-order chi connectivity index (χ0) is 19.5. The molecule has 0 fully saturated rings. The first-order chi connectivity index (χ1) is 13.6. The van der Waals surface area contributed by atoms with E-state index < -0.39 is 0 Å². The highest BCUT2D eigenvalue weighted by Crippen LogP contribution is 2.41. The molecular weight excluding hydrogens is 390 g/mol. The van der Waals surface area contributed by atoms with Crippen molar-refractivity contribution in [3.05, 3.63) is 86.9 Å². The summed E-state index contributed by atoms with van der Waals surface area (Å²) < 4.78 is 5.24. The number of hydrogen-bond donors (Lipinski definition) is 2. The fourth-order valence-electron chi connectivity index (χ4n) is 3.01. The lowest BCUT2D eigenvalue weighted by Crippen LogP contribution is -2.17. The number of carbonyl (C=O) groups is 1. The maximum Gasteiger partial charge on any atom is 0.291 e. The molecule has 0 spiro atoms. The van der Waals surface area contributed by atoms with Gasteiger partial charge in [-0.2, -0.15) is 11.3 Å². The van der Waals surface area contributed by atoms with Crippen LogP contribution >= 0.6 is 22.7 Å². The predicted octanol–water partition coefficient (Wildman–Crippen LogP) is 5.87. The number of aromatic nitrogens is 1. The Hall–Kier alpha value is -2.90. The standard InChI is InChI=1S/C21H19N3O2S2/c1-13-14(2)28-21(24-20(25)16-6-5-10-26-16)18(13)19(15-8-11-27-12-15)23-17-7-3-4-9-22-17/h3-12,19H,1-2H3,(H,22,23)(H,24,25)/t19-/m1/s1. The van der Waals surface area contributed by atoms with Crippen molar-refractivity contribution in [1.29, 1.82) is 0 Å². The van der Waals surface area contributed by atoms with Crippen molar-refractivity contribution in [2.24, 2.45) is 0 Å². The minimum absolute atomic E-state index is 0.127. The number of hydrogen-bond acceptors (Lipinski definition) is 6. The van der Waals surface area contributed by atoms with Gasteiger partial charge in [0.2, 0.25) is 0 Å². The molecule has 4 rings (SSSR count). The third-order valence-electron chi connectivity index (χ3n) is 4.53. The van der Waals surface area contributed by atoms with Gasteiger partial charge in [-0.05, 0) is 66.1 Å². The van der Waals surface area contributed by atoms with E-state index in [4.69, 9.17) is 4.42 Å². The Morgan fingerprint density at radius 3 is 2.75 bits per heavy atom. The van der Waals surface area contributed by atoms with Crippen molar-refractivity contribution in [2.45, 2.75) is 19.9 Å². The molecule has 1 amide bonds. The summed E-state index contributed by atoms with van der Waals surface area (Å²) in [4.78, 5) is 18.2. The number of aryl methyl sites for hydroxylation is 1. The number of pyridine rings is 1. The van der Waals surface area contributed by atoms with Crippen LogP contribution in [0.15, 0.2) is 64.0 Å². The third kappa shape index (κ3) is 3.72. The van der Waals surface area contributed by atoms with E-state index in [1.807, 2.05) is 18.2 Å². The van der Waals surface area contributed by atoms with Crippen LogP contribution < -0.4 is 10.6 Å². The minimum Gasteiger partial charge on any atom is -0.459 e. The fourth-order valence-corrected chi connectivity index (χ4v) is 4.79. The Labute approximate surface area is 171 Å². The highest BCUT2D eigenvalue weighted by atomic mass is 32.1. The van der Waals surface area contributed by atoms with Gasteiger partial charge in [0, 0.05) is 16.6 Å². The van der Waals surface area contributed by atoms with Crippen molar-refractivity contribution >= 4 is 39.4 Å². The van der Waals surface area contributed by atoms with Crippen LogP contribution in [0.5, 0.6) is 0 Å². The number of anilines is 2. The summed E-state index contributed by atoms with van der Waals surface area (Å²) in [7, 11) is 0. The summed E-state index contributed by atoms with van der Waals surface area (Å²) in [5.41, 5.74) is 3.33. The zero-order valence-corrected chi connectivity index (χ0v) is 17.1. The molecule has 5 nitrogen and oxygen atoms in total. The highest BCUT2D eigenvalue weighted by molar-refractivity contribution is 7.16. The molecule has 142 valence electrons. The normalized spacial score (nSPS) is 11.9. The summed E-state index contributed by atoms with van der Waals surface area (Å²) in [6.45, 7) is 4.15. The van der Waals surface area contributed by atoms with Crippen LogP contribution in [-0.4, -0.2) is 10.9 Å². The number of rotatable bonds is 6. The molecule has 2 N–H and O–H groups in total. The van der Waals surface area contributed by atoms with E-state index in [1.165, 1.54) is 6.26 Å². The topological polar surface area (TPSA) is 67.2 Å². The number of amides is 1. The number of nitrogens with one attached hydrogen (secondary N) is 2. The van der Waals surface area contributed by atoms with Gasteiger partial charge in [-0.25, -0.2) is 4.98 Å². The molecule has 0 saturated carbocycles. The van der Waals surface area contributed by atoms with Crippen molar-refractivity contribution < 1.29 is 9.21 Å². The van der Waals surface area contributed by atoms with Gasteiger partial charge in [0.25, 0.3) is 5.91 Å². The van der Waals surface area contributed by atoms with Gasteiger partial charge >= 0.3 is 0 Å². The van der Waals surface area contributed by atoms with Crippen molar-refractivity contribution in [1.82, 2.24) is 4.98 Å². The summed E-state index contributed by atoms with van der Waals surface area (Å²) in [6.07, 6.45) is 3.26. The number of thiophene rings is 2. The molecule has 0 saturated heterocycles. The van der Waals surface area contributed by atoms with Crippen molar-refractivity contribution in [3.63, 3.8) is 0 Å². The van der Waals surface area contributed by atoms with E-state index in [0.717, 1.165) is 32.4 Å². The van der Waals surface area contributed by atoms with E-state index in [-0.39, 0.29) is 11.9 Å². The van der Waals surface area contributed by atoms with Crippen molar-refractivity contribution in [2.75, 3.05) is 10.6 Å². The zero-order valence-electron chi connectivity index (χ0n) is 15.4. The Balaban J connectivity index is 1.74. The summed E-state index contributed by atoms with van der Waals surface area (Å²) >= 11 is 3.22. The average Bonchev–Trinajstić information content (AvgIpc) is 3.45. The Kier molecular flexibility index (Phi) is 5.27. The Morgan fingerprint density at radius 1 is 1.18 bits per heavy atom. The fraction of sp³-hybridized carbons (Fsp3) is 0.143. The van der Waals surface area contributed by atoms with Crippen LogP contribution in [-0.2, 0) is 0 Å². The molecule has 0 unspecified atom stereocenters. The molecule has 0 radical (unpaired) electrons. The van der Waals surface area contributed by atoms with Crippen LogP contribution in [0, 0.1) is 13.8 Å². The quantitative estimate of drug-likeness (QED) is 0.418. The maximum absolute atomic E-state index is 12.6. The Bertz CT molecular complexity index is 1050.